The van der Waals surface area contributed by atoms with Gasteiger partial charge in [0.1, 0.15) is 4.32 Å². The number of thiocarbonyl (C=S) groups is 1. The van der Waals surface area contributed by atoms with Gasteiger partial charge in [0.25, 0.3) is 0 Å². The number of hydrogen-bond donors (Lipinski definition) is 0. The van der Waals surface area contributed by atoms with Gasteiger partial charge < -0.3 is 4.90 Å². The van der Waals surface area contributed by atoms with E-state index < -0.39 is 0 Å². The Morgan fingerprint density at radius 2 is 1.70 bits per heavy atom. The van der Waals surface area contributed by atoms with Crippen molar-refractivity contribution < 1.29 is 0 Å². The minimum absolute atomic E-state index is 0.902. The summed E-state index contributed by atoms with van der Waals surface area (Å²) in [6, 6.07) is 0. The molecule has 2 nitrogen and oxygen atoms in total. The van der Waals surface area contributed by atoms with E-state index >= 15 is 0 Å². The first kappa shape index (κ1) is 10.6. The summed E-state index contributed by atoms with van der Waals surface area (Å²) < 4.78 is 2.92. The van der Waals surface area contributed by atoms with Crippen molar-refractivity contribution in [2.45, 2.75) is 0 Å². The third-order valence-electron chi connectivity index (χ3n) is 0.623. The highest BCUT2D eigenvalue weighted by atomic mass is 33.1. The molecule has 10 heavy (non-hydrogen) atoms. The molecule has 0 aromatic rings. The zero-order valence-corrected chi connectivity index (χ0v) is 9.07. The summed E-state index contributed by atoms with van der Waals surface area (Å²) in [7, 11) is 11.1. The van der Waals surface area contributed by atoms with E-state index in [1.54, 1.807) is 21.8 Å². The molecule has 5 heteroatoms. The lowest BCUT2D eigenvalue weighted by Gasteiger charge is -2.13. The molecule has 0 N–H and O–H groups in total. The Kier molecular flexibility index (Phi) is 5.52. The van der Waals surface area contributed by atoms with Gasteiger partial charge in [-0.15, -0.1) is 0 Å². The molecule has 0 heterocycles. The van der Waals surface area contributed by atoms with Crippen molar-refractivity contribution in [3.63, 3.8) is 0 Å². The monoisotopic (exact) mass is 196 g/mol. The van der Waals surface area contributed by atoms with E-state index in [-0.39, 0.29) is 0 Å². The van der Waals surface area contributed by atoms with Crippen molar-refractivity contribution in [3.05, 3.63) is 0 Å². The SMILES string of the molecule is CN(C)SSC(=S)N(C)C. The van der Waals surface area contributed by atoms with E-state index in [0.717, 1.165) is 4.32 Å². The Balaban J connectivity index is 3.40. The molecule has 0 fully saturated rings. The molecule has 0 aliphatic carbocycles. The minimum Gasteiger partial charge on any atom is -0.363 e. The van der Waals surface area contributed by atoms with Crippen LogP contribution < -0.4 is 0 Å². The van der Waals surface area contributed by atoms with Crippen molar-refractivity contribution in [2.75, 3.05) is 28.2 Å². The normalized spacial score (nSPS) is 10.1. The van der Waals surface area contributed by atoms with E-state index in [2.05, 4.69) is 0 Å². The standard InChI is InChI=1S/C5H12N2S3/c1-6(2)5(8)9-10-7(3)4/h1-4H3. The van der Waals surface area contributed by atoms with Crippen molar-refractivity contribution in [1.29, 1.82) is 0 Å². The van der Waals surface area contributed by atoms with Crippen LogP contribution in [-0.4, -0.2) is 41.7 Å². The molecule has 0 atom stereocenters. The van der Waals surface area contributed by atoms with Crippen LogP contribution in [0.15, 0.2) is 0 Å². The topological polar surface area (TPSA) is 6.48 Å². The molecule has 0 radical (unpaired) electrons. The first-order valence-electron chi connectivity index (χ1n) is 2.77. The average molecular weight is 196 g/mol. The number of rotatable bonds is 2. The van der Waals surface area contributed by atoms with Crippen LogP contribution in [0.1, 0.15) is 0 Å². The maximum atomic E-state index is 5.04. The molecule has 60 valence electrons. The van der Waals surface area contributed by atoms with Crippen LogP contribution in [0, 0.1) is 0 Å². The molecule has 0 aromatic carbocycles. The molecule has 0 aromatic heterocycles. The first-order valence-corrected chi connectivity index (χ1v) is 5.28. The van der Waals surface area contributed by atoms with Crippen molar-refractivity contribution in [3.8, 4) is 0 Å². The Morgan fingerprint density at radius 3 is 2.00 bits per heavy atom. The zero-order chi connectivity index (χ0) is 8.15. The van der Waals surface area contributed by atoms with Gasteiger partial charge in [-0.2, -0.15) is 0 Å². The summed E-state index contributed by atoms with van der Waals surface area (Å²) in [5.74, 6) is 0. The summed E-state index contributed by atoms with van der Waals surface area (Å²) in [6.45, 7) is 0. The summed E-state index contributed by atoms with van der Waals surface area (Å²) in [5, 5.41) is 0. The van der Waals surface area contributed by atoms with Crippen LogP contribution in [0.3, 0.4) is 0 Å². The van der Waals surface area contributed by atoms with Gasteiger partial charge in [-0.1, -0.05) is 12.2 Å². The number of nitrogens with zero attached hydrogens (tertiary/aromatic N) is 2. The van der Waals surface area contributed by atoms with E-state index in [4.69, 9.17) is 12.2 Å². The Morgan fingerprint density at radius 1 is 1.20 bits per heavy atom. The summed E-state index contributed by atoms with van der Waals surface area (Å²) in [6.07, 6.45) is 0. The fraction of sp³-hybridized carbons (Fsp3) is 0.800. The summed E-state index contributed by atoms with van der Waals surface area (Å²) >= 11 is 5.04. The van der Waals surface area contributed by atoms with Crippen LogP contribution in [0.2, 0.25) is 0 Å². The van der Waals surface area contributed by atoms with Crippen LogP contribution in [0.4, 0.5) is 0 Å². The minimum atomic E-state index is 0.902. The van der Waals surface area contributed by atoms with Gasteiger partial charge in [0, 0.05) is 14.1 Å². The van der Waals surface area contributed by atoms with Gasteiger partial charge in [0.2, 0.25) is 0 Å². The predicted octanol–water partition coefficient (Wildman–Crippen LogP) is 1.69. The van der Waals surface area contributed by atoms with Gasteiger partial charge in [-0.25, -0.2) is 4.31 Å². The van der Waals surface area contributed by atoms with Crippen molar-refractivity contribution >= 4 is 38.3 Å². The largest absolute Gasteiger partial charge is 0.363 e. The molecule has 0 bridgehead atoms. The third kappa shape index (κ3) is 5.34. The smallest absolute Gasteiger partial charge is 0.147 e. The van der Waals surface area contributed by atoms with Gasteiger partial charge >= 0.3 is 0 Å². The van der Waals surface area contributed by atoms with Gasteiger partial charge in [-0.05, 0) is 35.9 Å². The molecule has 0 amide bonds. The molecule has 0 unspecified atom stereocenters. The van der Waals surface area contributed by atoms with E-state index in [0.29, 0.717) is 0 Å². The van der Waals surface area contributed by atoms with Gasteiger partial charge in [0.15, 0.2) is 0 Å². The molecular formula is C5H12N2S3. The summed E-state index contributed by atoms with van der Waals surface area (Å²) in [4.78, 5) is 1.93. The van der Waals surface area contributed by atoms with E-state index in [9.17, 15) is 0 Å². The zero-order valence-electron chi connectivity index (χ0n) is 6.62. The van der Waals surface area contributed by atoms with E-state index in [1.807, 2.05) is 37.4 Å². The molecule has 0 aliphatic heterocycles. The Bertz CT molecular complexity index is 113. The van der Waals surface area contributed by atoms with Crippen LogP contribution >= 0.6 is 34.0 Å². The second-order valence-corrected chi connectivity index (χ2v) is 5.16. The predicted molar refractivity (Wildman–Crippen MR) is 55.2 cm³/mol. The number of hydrogen-bond acceptors (Lipinski definition) is 4. The maximum absolute atomic E-state index is 5.04. The van der Waals surface area contributed by atoms with Crippen LogP contribution in [0.25, 0.3) is 0 Å². The molecule has 0 rings (SSSR count). The second kappa shape index (κ2) is 5.23. The average Bonchev–Trinajstić information content (AvgIpc) is 1.82. The molecular weight excluding hydrogens is 184 g/mol. The van der Waals surface area contributed by atoms with Crippen molar-refractivity contribution in [1.82, 2.24) is 9.21 Å². The van der Waals surface area contributed by atoms with Crippen LogP contribution in [0.5, 0.6) is 0 Å². The fourth-order valence-electron chi connectivity index (χ4n) is 0.181. The quantitative estimate of drug-likeness (QED) is 0.375. The highest BCUT2D eigenvalue weighted by Crippen LogP contribution is 2.25. The Hall–Kier alpha value is 0.550. The first-order chi connectivity index (χ1) is 4.54. The van der Waals surface area contributed by atoms with Crippen LogP contribution in [-0.2, 0) is 0 Å². The highest BCUT2D eigenvalue weighted by molar-refractivity contribution is 8.82. The van der Waals surface area contributed by atoms with Gasteiger partial charge in [-0.3, -0.25) is 0 Å². The Labute approximate surface area is 75.9 Å². The fourth-order valence-corrected chi connectivity index (χ4v) is 1.90. The lowest BCUT2D eigenvalue weighted by Crippen LogP contribution is -2.15. The maximum Gasteiger partial charge on any atom is 0.147 e. The lowest BCUT2D eigenvalue weighted by atomic mass is 11.0. The second-order valence-electron chi connectivity index (χ2n) is 2.13. The molecule has 0 saturated carbocycles. The van der Waals surface area contributed by atoms with Gasteiger partial charge in [0.05, 0.1) is 0 Å². The van der Waals surface area contributed by atoms with E-state index in [1.165, 1.54) is 0 Å². The molecule has 0 saturated heterocycles. The third-order valence-corrected chi connectivity index (χ3v) is 4.03. The van der Waals surface area contributed by atoms with Crippen molar-refractivity contribution in [2.24, 2.45) is 0 Å². The molecule has 0 spiro atoms. The highest BCUT2D eigenvalue weighted by Gasteiger charge is 2.00. The molecule has 0 aliphatic rings. The summed E-state index contributed by atoms with van der Waals surface area (Å²) in [5.41, 5.74) is 0. The lowest BCUT2D eigenvalue weighted by molar-refractivity contribution is 0.648.